The van der Waals surface area contributed by atoms with Crippen LogP contribution in [0.1, 0.15) is 16.2 Å². The van der Waals surface area contributed by atoms with E-state index in [9.17, 15) is 4.79 Å². The number of esters is 1. The molecule has 7 nitrogen and oxygen atoms in total. The lowest BCUT2D eigenvalue weighted by molar-refractivity contribution is 0.0462. The van der Waals surface area contributed by atoms with E-state index >= 15 is 0 Å². The van der Waals surface area contributed by atoms with Gasteiger partial charge in [-0.2, -0.15) is 15.0 Å². The fourth-order valence-electron chi connectivity index (χ4n) is 1.36. The summed E-state index contributed by atoms with van der Waals surface area (Å²) in [7, 11) is 0. The third kappa shape index (κ3) is 3.46. The average molecular weight is 314 g/mol. The zero-order valence-electron chi connectivity index (χ0n) is 10.0. The lowest BCUT2D eigenvalue weighted by Gasteiger charge is -2.05. The number of benzene rings is 1. The highest BCUT2D eigenvalue weighted by molar-refractivity contribution is 6.42. The highest BCUT2D eigenvalue weighted by Crippen LogP contribution is 2.23. The first-order valence-electron chi connectivity index (χ1n) is 5.34. The molecule has 0 aliphatic heterocycles. The Morgan fingerprint density at radius 1 is 1.10 bits per heavy atom. The number of nitrogen functional groups attached to an aromatic ring is 2. The zero-order valence-corrected chi connectivity index (χ0v) is 11.5. The highest BCUT2D eigenvalue weighted by atomic mass is 35.5. The van der Waals surface area contributed by atoms with Gasteiger partial charge >= 0.3 is 5.97 Å². The van der Waals surface area contributed by atoms with E-state index in [1.165, 1.54) is 18.2 Å². The summed E-state index contributed by atoms with van der Waals surface area (Å²) >= 11 is 11.6. The molecule has 0 fully saturated rings. The minimum atomic E-state index is -0.596. The number of aromatic nitrogens is 3. The standard InChI is InChI=1S/C11H9Cl2N5O2/c12-6-2-1-5(3-7(6)13)9(19)20-4-8-16-10(14)18-11(15)17-8/h1-3H,4H2,(H4,14,15,16,17,18). The van der Waals surface area contributed by atoms with Crippen molar-refractivity contribution in [2.45, 2.75) is 6.61 Å². The van der Waals surface area contributed by atoms with Crippen LogP contribution in [0.15, 0.2) is 18.2 Å². The van der Waals surface area contributed by atoms with Crippen LogP contribution in [0.25, 0.3) is 0 Å². The lowest BCUT2D eigenvalue weighted by Crippen LogP contribution is -2.11. The van der Waals surface area contributed by atoms with E-state index in [2.05, 4.69) is 15.0 Å². The first kappa shape index (κ1) is 14.3. The molecule has 2 aromatic rings. The van der Waals surface area contributed by atoms with Gasteiger partial charge in [0.15, 0.2) is 12.4 Å². The molecular formula is C11H9Cl2N5O2. The summed E-state index contributed by atoms with van der Waals surface area (Å²) in [4.78, 5) is 23.0. The molecular weight excluding hydrogens is 305 g/mol. The van der Waals surface area contributed by atoms with Gasteiger partial charge in [-0.15, -0.1) is 0 Å². The number of rotatable bonds is 3. The van der Waals surface area contributed by atoms with Gasteiger partial charge < -0.3 is 16.2 Å². The first-order chi connectivity index (χ1) is 9.45. The number of carbonyl (C=O) groups excluding carboxylic acids is 1. The second-order valence-corrected chi connectivity index (χ2v) is 4.49. The Bertz CT molecular complexity index is 645. The number of nitrogens with two attached hydrogens (primary N) is 2. The van der Waals surface area contributed by atoms with Crippen LogP contribution >= 0.6 is 23.2 Å². The molecule has 4 N–H and O–H groups in total. The highest BCUT2D eigenvalue weighted by Gasteiger charge is 2.11. The molecule has 2 rings (SSSR count). The van der Waals surface area contributed by atoms with Gasteiger partial charge in [-0.1, -0.05) is 23.2 Å². The van der Waals surface area contributed by atoms with Gasteiger partial charge in [0.05, 0.1) is 15.6 Å². The molecule has 0 bridgehead atoms. The Balaban J connectivity index is 2.06. The molecule has 0 spiro atoms. The van der Waals surface area contributed by atoms with Crippen molar-refractivity contribution < 1.29 is 9.53 Å². The summed E-state index contributed by atoms with van der Waals surface area (Å²) < 4.78 is 5.01. The molecule has 0 amide bonds. The fraction of sp³-hybridized carbons (Fsp3) is 0.0909. The molecule has 0 saturated heterocycles. The Morgan fingerprint density at radius 3 is 2.35 bits per heavy atom. The summed E-state index contributed by atoms with van der Waals surface area (Å²) in [6, 6.07) is 4.40. The van der Waals surface area contributed by atoms with Crippen LogP contribution in [-0.4, -0.2) is 20.9 Å². The number of hydrogen-bond donors (Lipinski definition) is 2. The second kappa shape index (κ2) is 5.89. The third-order valence-electron chi connectivity index (χ3n) is 2.20. The molecule has 0 atom stereocenters. The van der Waals surface area contributed by atoms with Crippen LogP contribution < -0.4 is 11.5 Å². The first-order valence-corrected chi connectivity index (χ1v) is 6.09. The van der Waals surface area contributed by atoms with E-state index in [1.54, 1.807) is 0 Å². The molecule has 0 aliphatic rings. The minimum Gasteiger partial charge on any atom is -0.454 e. The molecule has 1 aromatic heterocycles. The molecule has 20 heavy (non-hydrogen) atoms. The molecule has 1 aromatic carbocycles. The Labute approximate surface area is 123 Å². The van der Waals surface area contributed by atoms with Crippen molar-refractivity contribution in [1.82, 2.24) is 15.0 Å². The quantitative estimate of drug-likeness (QED) is 0.828. The monoisotopic (exact) mass is 313 g/mol. The minimum absolute atomic E-state index is 0.0434. The summed E-state index contributed by atoms with van der Waals surface area (Å²) in [5.74, 6) is -0.527. The predicted molar refractivity (Wildman–Crippen MR) is 74.2 cm³/mol. The van der Waals surface area contributed by atoms with Crippen molar-refractivity contribution in [2.24, 2.45) is 0 Å². The number of anilines is 2. The number of nitrogens with zero attached hydrogens (tertiary/aromatic N) is 3. The smallest absolute Gasteiger partial charge is 0.338 e. The zero-order chi connectivity index (χ0) is 14.7. The Morgan fingerprint density at radius 2 is 1.75 bits per heavy atom. The summed E-state index contributed by atoms with van der Waals surface area (Å²) in [6.07, 6.45) is 0. The SMILES string of the molecule is Nc1nc(N)nc(COC(=O)c2ccc(Cl)c(Cl)c2)n1. The predicted octanol–water partition coefficient (Wildman–Crippen LogP) is 1.70. The van der Waals surface area contributed by atoms with Crippen molar-refractivity contribution >= 4 is 41.1 Å². The van der Waals surface area contributed by atoms with E-state index in [0.29, 0.717) is 5.02 Å². The van der Waals surface area contributed by atoms with E-state index in [1.807, 2.05) is 0 Å². The molecule has 0 saturated carbocycles. The fourth-order valence-corrected chi connectivity index (χ4v) is 1.66. The third-order valence-corrected chi connectivity index (χ3v) is 2.94. The topological polar surface area (TPSA) is 117 Å². The van der Waals surface area contributed by atoms with Gasteiger partial charge in [0, 0.05) is 0 Å². The van der Waals surface area contributed by atoms with Gasteiger partial charge in [0.1, 0.15) is 0 Å². The number of ether oxygens (including phenoxy) is 1. The molecule has 104 valence electrons. The number of halogens is 2. The van der Waals surface area contributed by atoms with Crippen molar-refractivity contribution in [3.63, 3.8) is 0 Å². The summed E-state index contributed by atoms with van der Waals surface area (Å²) in [6.45, 7) is -0.185. The van der Waals surface area contributed by atoms with E-state index in [-0.39, 0.29) is 34.9 Å². The van der Waals surface area contributed by atoms with Gasteiger partial charge in [0.25, 0.3) is 0 Å². The van der Waals surface area contributed by atoms with Gasteiger partial charge in [-0.05, 0) is 18.2 Å². The largest absolute Gasteiger partial charge is 0.454 e. The maximum Gasteiger partial charge on any atom is 0.338 e. The summed E-state index contributed by atoms with van der Waals surface area (Å²) in [5, 5.41) is 0.607. The molecule has 9 heteroatoms. The van der Waals surface area contributed by atoms with E-state index < -0.39 is 5.97 Å². The number of hydrogen-bond acceptors (Lipinski definition) is 7. The van der Waals surface area contributed by atoms with Crippen molar-refractivity contribution in [3.8, 4) is 0 Å². The molecule has 0 aliphatic carbocycles. The second-order valence-electron chi connectivity index (χ2n) is 3.67. The van der Waals surface area contributed by atoms with Crippen LogP contribution in [0.5, 0.6) is 0 Å². The Kier molecular flexibility index (Phi) is 4.21. The van der Waals surface area contributed by atoms with Gasteiger partial charge in [0.2, 0.25) is 11.9 Å². The van der Waals surface area contributed by atoms with E-state index in [0.717, 1.165) is 0 Å². The van der Waals surface area contributed by atoms with Gasteiger partial charge in [-0.3, -0.25) is 0 Å². The van der Waals surface area contributed by atoms with Crippen LogP contribution in [0.2, 0.25) is 10.0 Å². The lowest BCUT2D eigenvalue weighted by atomic mass is 10.2. The summed E-state index contributed by atoms with van der Waals surface area (Å²) in [5.41, 5.74) is 11.1. The van der Waals surface area contributed by atoms with Gasteiger partial charge in [-0.25, -0.2) is 4.79 Å². The van der Waals surface area contributed by atoms with Crippen LogP contribution in [0.4, 0.5) is 11.9 Å². The van der Waals surface area contributed by atoms with Crippen molar-refractivity contribution in [1.29, 1.82) is 0 Å². The maximum absolute atomic E-state index is 11.8. The number of carbonyl (C=O) groups is 1. The van der Waals surface area contributed by atoms with Crippen molar-refractivity contribution in [2.75, 3.05) is 11.5 Å². The van der Waals surface area contributed by atoms with E-state index in [4.69, 9.17) is 39.4 Å². The molecule has 0 unspecified atom stereocenters. The van der Waals surface area contributed by atoms with Crippen LogP contribution in [0.3, 0.4) is 0 Å². The van der Waals surface area contributed by atoms with Crippen LogP contribution in [-0.2, 0) is 11.3 Å². The molecule has 1 heterocycles. The average Bonchev–Trinajstić information content (AvgIpc) is 2.38. The molecule has 0 radical (unpaired) electrons. The Hall–Kier alpha value is -2.12. The van der Waals surface area contributed by atoms with Crippen LogP contribution in [0, 0.1) is 0 Å². The maximum atomic E-state index is 11.8. The normalized spacial score (nSPS) is 10.3. The van der Waals surface area contributed by atoms with Crippen molar-refractivity contribution in [3.05, 3.63) is 39.6 Å².